The second-order valence-corrected chi connectivity index (χ2v) is 6.39. The zero-order chi connectivity index (χ0) is 17.0. The average molecular weight is 329 g/mol. The molecule has 2 aromatic rings. The van der Waals surface area contributed by atoms with Gasteiger partial charge in [0.2, 0.25) is 5.88 Å². The molecule has 1 aromatic heterocycles. The van der Waals surface area contributed by atoms with Gasteiger partial charge < -0.3 is 14.8 Å². The van der Waals surface area contributed by atoms with Crippen molar-refractivity contribution >= 4 is 5.91 Å². The molecule has 0 saturated carbocycles. The van der Waals surface area contributed by atoms with Gasteiger partial charge in [-0.25, -0.2) is 4.68 Å². The summed E-state index contributed by atoms with van der Waals surface area (Å²) in [6, 6.07) is 11.5. The molecule has 1 saturated heterocycles. The predicted molar refractivity (Wildman–Crippen MR) is 90.3 cm³/mol. The molecule has 1 aliphatic heterocycles. The number of hydrogen-bond acceptors (Lipinski definition) is 4. The van der Waals surface area contributed by atoms with E-state index in [4.69, 9.17) is 9.47 Å². The van der Waals surface area contributed by atoms with E-state index < -0.39 is 5.60 Å². The highest BCUT2D eigenvalue weighted by Crippen LogP contribution is 2.18. The lowest BCUT2D eigenvalue weighted by Crippen LogP contribution is -2.48. The number of benzene rings is 1. The smallest absolute Gasteiger partial charge is 0.263 e. The van der Waals surface area contributed by atoms with E-state index in [-0.39, 0.29) is 12.0 Å². The van der Waals surface area contributed by atoms with Crippen molar-refractivity contribution in [2.24, 2.45) is 0 Å². The van der Waals surface area contributed by atoms with E-state index in [1.54, 1.807) is 24.6 Å². The molecule has 1 aliphatic rings. The van der Waals surface area contributed by atoms with E-state index in [0.29, 0.717) is 12.4 Å². The monoisotopic (exact) mass is 329 g/mol. The Kier molecular flexibility index (Phi) is 4.85. The van der Waals surface area contributed by atoms with Crippen molar-refractivity contribution in [1.29, 1.82) is 0 Å². The van der Waals surface area contributed by atoms with Crippen molar-refractivity contribution in [2.75, 3.05) is 13.2 Å². The van der Waals surface area contributed by atoms with Crippen LogP contribution in [0.3, 0.4) is 0 Å². The quantitative estimate of drug-likeness (QED) is 0.883. The number of ether oxygens (including phenoxy) is 2. The first-order valence-electron chi connectivity index (χ1n) is 8.24. The molecule has 1 fully saturated rings. The molecule has 6 heteroatoms. The van der Waals surface area contributed by atoms with Gasteiger partial charge in [-0.2, -0.15) is 0 Å². The number of rotatable bonds is 6. The molecule has 1 aromatic carbocycles. The van der Waals surface area contributed by atoms with Gasteiger partial charge in [-0.1, -0.05) is 18.2 Å². The summed E-state index contributed by atoms with van der Waals surface area (Å²) < 4.78 is 13.0. The number of nitrogens with one attached hydrogen (secondary N) is 1. The molecule has 3 rings (SSSR count). The fourth-order valence-electron chi connectivity index (χ4n) is 2.62. The lowest BCUT2D eigenvalue weighted by atomic mass is 10.1. The third-order valence-corrected chi connectivity index (χ3v) is 4.01. The topological polar surface area (TPSA) is 65.4 Å². The number of carbonyl (C=O) groups excluding carboxylic acids is 1. The molecule has 1 N–H and O–H groups in total. The van der Waals surface area contributed by atoms with Crippen molar-refractivity contribution in [2.45, 2.75) is 38.4 Å². The third-order valence-electron chi connectivity index (χ3n) is 4.01. The van der Waals surface area contributed by atoms with Crippen molar-refractivity contribution in [3.8, 4) is 11.6 Å². The summed E-state index contributed by atoms with van der Waals surface area (Å²) >= 11 is 0. The maximum atomic E-state index is 12.4. The molecule has 0 aliphatic carbocycles. The zero-order valence-electron chi connectivity index (χ0n) is 14.1. The normalized spacial score (nSPS) is 17.7. The number of nitrogens with zero attached hydrogens (tertiary/aromatic N) is 2. The maximum Gasteiger partial charge on any atom is 0.263 e. The summed E-state index contributed by atoms with van der Waals surface area (Å²) in [5.41, 5.74) is -0.0675. The minimum atomic E-state index is -1.01. The first-order chi connectivity index (χ1) is 11.5. The van der Waals surface area contributed by atoms with Gasteiger partial charge in [0.15, 0.2) is 5.60 Å². The van der Waals surface area contributed by atoms with Crippen LogP contribution in [-0.2, 0) is 9.53 Å². The first kappa shape index (κ1) is 16.5. The molecule has 0 bridgehead atoms. The highest BCUT2D eigenvalue weighted by molar-refractivity contribution is 5.84. The van der Waals surface area contributed by atoms with Crippen LogP contribution in [0.15, 0.2) is 42.6 Å². The Morgan fingerprint density at radius 2 is 2.17 bits per heavy atom. The lowest BCUT2D eigenvalue weighted by Gasteiger charge is -2.24. The van der Waals surface area contributed by atoms with Crippen molar-refractivity contribution < 1.29 is 14.3 Å². The molecule has 0 radical (unpaired) electrons. The summed E-state index contributed by atoms with van der Waals surface area (Å²) in [5, 5.41) is 7.28. The molecule has 1 amide bonds. The Hall–Kier alpha value is -2.34. The van der Waals surface area contributed by atoms with Crippen molar-refractivity contribution in [1.82, 2.24) is 15.1 Å². The zero-order valence-corrected chi connectivity index (χ0v) is 14.1. The number of amides is 1. The van der Waals surface area contributed by atoms with Crippen molar-refractivity contribution in [3.63, 3.8) is 0 Å². The van der Waals surface area contributed by atoms with Crippen LogP contribution in [0, 0.1) is 0 Å². The summed E-state index contributed by atoms with van der Waals surface area (Å²) in [6.07, 6.45) is 3.97. The number of para-hydroxylation sites is 1. The number of hydrogen-bond donors (Lipinski definition) is 1. The van der Waals surface area contributed by atoms with E-state index in [1.807, 2.05) is 36.5 Å². The molecule has 0 unspecified atom stereocenters. The van der Waals surface area contributed by atoms with Gasteiger partial charge in [0.25, 0.3) is 5.91 Å². The Morgan fingerprint density at radius 1 is 1.38 bits per heavy atom. The van der Waals surface area contributed by atoms with Gasteiger partial charge in [0, 0.05) is 25.4 Å². The van der Waals surface area contributed by atoms with Crippen LogP contribution in [-0.4, -0.2) is 40.5 Å². The minimum Gasteiger partial charge on any atom is -0.460 e. The molecule has 0 spiro atoms. The van der Waals surface area contributed by atoms with Crippen LogP contribution in [0.4, 0.5) is 0 Å². The van der Waals surface area contributed by atoms with Crippen LogP contribution in [0.1, 0.15) is 26.7 Å². The minimum absolute atomic E-state index is 0.113. The van der Waals surface area contributed by atoms with Gasteiger partial charge in [0.1, 0.15) is 0 Å². The molecule has 6 nitrogen and oxygen atoms in total. The third kappa shape index (κ3) is 3.94. The van der Waals surface area contributed by atoms with Gasteiger partial charge in [-0.3, -0.25) is 4.79 Å². The fourth-order valence-corrected chi connectivity index (χ4v) is 2.62. The van der Waals surface area contributed by atoms with Crippen LogP contribution >= 0.6 is 0 Å². The Labute approximate surface area is 141 Å². The predicted octanol–water partition coefficient (Wildman–Crippen LogP) is 2.32. The van der Waals surface area contributed by atoms with E-state index in [0.717, 1.165) is 25.1 Å². The largest absolute Gasteiger partial charge is 0.460 e. The summed E-state index contributed by atoms with van der Waals surface area (Å²) in [5.74, 6) is 0.239. The standard InChI is InChI=1S/C18H23N3O3/c1-18(2,17(22)19-13-15-9-6-12-23-15)24-16-10-11-21(20-16)14-7-4-3-5-8-14/h3-5,7-8,10-11,15H,6,9,12-13H2,1-2H3,(H,19,22)/t15-/m0/s1. The molecule has 24 heavy (non-hydrogen) atoms. The molecule has 2 heterocycles. The van der Waals surface area contributed by atoms with Crippen LogP contribution in [0.2, 0.25) is 0 Å². The van der Waals surface area contributed by atoms with Crippen LogP contribution < -0.4 is 10.1 Å². The highest BCUT2D eigenvalue weighted by Gasteiger charge is 2.31. The van der Waals surface area contributed by atoms with E-state index in [1.165, 1.54) is 0 Å². The second kappa shape index (κ2) is 7.05. The number of carbonyl (C=O) groups is 1. The van der Waals surface area contributed by atoms with Crippen molar-refractivity contribution in [3.05, 3.63) is 42.6 Å². The first-order valence-corrected chi connectivity index (χ1v) is 8.24. The number of aromatic nitrogens is 2. The Bertz CT molecular complexity index is 676. The summed E-state index contributed by atoms with van der Waals surface area (Å²) in [7, 11) is 0. The molecular formula is C18H23N3O3. The van der Waals surface area contributed by atoms with E-state index >= 15 is 0 Å². The Balaban J connectivity index is 1.59. The van der Waals surface area contributed by atoms with E-state index in [9.17, 15) is 4.79 Å². The van der Waals surface area contributed by atoms with Gasteiger partial charge in [-0.15, -0.1) is 5.10 Å². The van der Waals surface area contributed by atoms with Crippen LogP contribution in [0.5, 0.6) is 5.88 Å². The molecule has 1 atom stereocenters. The lowest BCUT2D eigenvalue weighted by molar-refractivity contribution is -0.134. The molecular weight excluding hydrogens is 306 g/mol. The maximum absolute atomic E-state index is 12.4. The van der Waals surface area contributed by atoms with Gasteiger partial charge in [0.05, 0.1) is 11.8 Å². The van der Waals surface area contributed by atoms with Gasteiger partial charge >= 0.3 is 0 Å². The highest BCUT2D eigenvalue weighted by atomic mass is 16.5. The fraction of sp³-hybridized carbons (Fsp3) is 0.444. The van der Waals surface area contributed by atoms with E-state index in [2.05, 4.69) is 10.4 Å². The SMILES string of the molecule is CC(C)(Oc1ccn(-c2ccccc2)n1)C(=O)NC[C@@H]1CCCO1. The van der Waals surface area contributed by atoms with Gasteiger partial charge in [-0.05, 0) is 38.8 Å². The molecule has 128 valence electrons. The Morgan fingerprint density at radius 3 is 2.88 bits per heavy atom. The summed E-state index contributed by atoms with van der Waals surface area (Å²) in [4.78, 5) is 12.4. The average Bonchev–Trinajstić information content (AvgIpc) is 3.24. The van der Waals surface area contributed by atoms with Crippen LogP contribution in [0.25, 0.3) is 5.69 Å². The summed E-state index contributed by atoms with van der Waals surface area (Å²) in [6.45, 7) is 4.76. The second-order valence-electron chi connectivity index (χ2n) is 6.39.